The molecule has 1 atom stereocenters. The summed E-state index contributed by atoms with van der Waals surface area (Å²) >= 11 is 5.81. The number of halogens is 4. The van der Waals surface area contributed by atoms with E-state index in [9.17, 15) is 18.0 Å². The fourth-order valence-electron chi connectivity index (χ4n) is 2.73. The molecule has 0 radical (unpaired) electrons. The molecule has 0 aliphatic heterocycles. The van der Waals surface area contributed by atoms with E-state index in [-0.39, 0.29) is 30.7 Å². The summed E-state index contributed by atoms with van der Waals surface area (Å²) in [6.45, 7) is 4.08. The molecular weight excluding hydrogens is 291 g/mol. The van der Waals surface area contributed by atoms with Crippen LogP contribution < -0.4 is 5.32 Å². The van der Waals surface area contributed by atoms with Crippen LogP contribution in [0.2, 0.25) is 0 Å². The summed E-state index contributed by atoms with van der Waals surface area (Å²) in [7, 11) is 0. The number of alkyl halides is 4. The summed E-state index contributed by atoms with van der Waals surface area (Å²) in [5, 5.41) is 2.87. The van der Waals surface area contributed by atoms with E-state index in [2.05, 4.69) is 5.32 Å². The first-order chi connectivity index (χ1) is 9.24. The highest BCUT2D eigenvalue weighted by Crippen LogP contribution is 2.39. The van der Waals surface area contributed by atoms with Gasteiger partial charge in [0.2, 0.25) is 5.91 Å². The normalized spacial score (nSPS) is 25.6. The maximum atomic E-state index is 12.6. The van der Waals surface area contributed by atoms with E-state index in [1.807, 2.05) is 13.8 Å². The Morgan fingerprint density at radius 3 is 2.20 bits per heavy atom. The van der Waals surface area contributed by atoms with E-state index in [0.717, 1.165) is 6.42 Å². The second kappa shape index (κ2) is 7.53. The Hall–Kier alpha value is -0.450. The number of amides is 1. The Morgan fingerprint density at radius 2 is 1.80 bits per heavy atom. The van der Waals surface area contributed by atoms with Crippen LogP contribution in [0.3, 0.4) is 0 Å². The van der Waals surface area contributed by atoms with Crippen molar-refractivity contribution in [3.05, 3.63) is 0 Å². The number of hydrogen-bond donors (Lipinski definition) is 1. The zero-order valence-corrected chi connectivity index (χ0v) is 12.7. The molecule has 1 aliphatic carbocycles. The lowest BCUT2D eigenvalue weighted by atomic mass is 9.81. The van der Waals surface area contributed by atoms with Gasteiger partial charge in [-0.15, -0.1) is 11.6 Å². The second-order valence-electron chi connectivity index (χ2n) is 6.08. The molecule has 1 unspecified atom stereocenters. The molecule has 0 bridgehead atoms. The Bertz CT molecular complexity index is 312. The zero-order valence-electron chi connectivity index (χ0n) is 12.0. The molecule has 0 aromatic carbocycles. The predicted octanol–water partition coefficient (Wildman–Crippen LogP) is 4.12. The standard InChI is InChI=1S/C14H23ClF3NO/c1-9(2)7-12(8-15)19-13(20)10-3-5-11(6-4-10)14(16,17)18/h9-12H,3-8H2,1-2H3,(H,19,20). The third-order valence-electron chi connectivity index (χ3n) is 3.85. The van der Waals surface area contributed by atoms with Gasteiger partial charge in [-0.3, -0.25) is 4.79 Å². The molecule has 1 aliphatic rings. The lowest BCUT2D eigenvalue weighted by Gasteiger charge is -2.30. The van der Waals surface area contributed by atoms with Crippen molar-refractivity contribution in [3.63, 3.8) is 0 Å². The topological polar surface area (TPSA) is 29.1 Å². The quantitative estimate of drug-likeness (QED) is 0.760. The monoisotopic (exact) mass is 313 g/mol. The van der Waals surface area contributed by atoms with Gasteiger partial charge in [0.25, 0.3) is 0 Å². The lowest BCUT2D eigenvalue weighted by molar-refractivity contribution is -0.184. The first-order valence-electron chi connectivity index (χ1n) is 7.17. The fraction of sp³-hybridized carbons (Fsp3) is 0.929. The third-order valence-corrected chi connectivity index (χ3v) is 4.22. The average molecular weight is 314 g/mol. The van der Waals surface area contributed by atoms with Gasteiger partial charge >= 0.3 is 6.18 Å². The van der Waals surface area contributed by atoms with Crippen LogP contribution in [0.25, 0.3) is 0 Å². The number of nitrogens with one attached hydrogen (secondary N) is 1. The molecule has 0 aromatic rings. The van der Waals surface area contributed by atoms with Crippen molar-refractivity contribution in [1.29, 1.82) is 0 Å². The van der Waals surface area contributed by atoms with Gasteiger partial charge in [-0.05, 0) is 38.0 Å². The molecule has 118 valence electrons. The summed E-state index contributed by atoms with van der Waals surface area (Å²) in [6, 6.07) is -0.0930. The first-order valence-corrected chi connectivity index (χ1v) is 7.70. The van der Waals surface area contributed by atoms with Crippen LogP contribution in [0.1, 0.15) is 46.0 Å². The van der Waals surface area contributed by atoms with Crippen LogP contribution in [0.5, 0.6) is 0 Å². The largest absolute Gasteiger partial charge is 0.391 e. The highest BCUT2D eigenvalue weighted by molar-refractivity contribution is 6.18. The van der Waals surface area contributed by atoms with Crippen molar-refractivity contribution in [3.8, 4) is 0 Å². The molecule has 0 saturated heterocycles. The Morgan fingerprint density at radius 1 is 1.25 bits per heavy atom. The smallest absolute Gasteiger partial charge is 0.352 e. The van der Waals surface area contributed by atoms with Crippen LogP contribution in [-0.2, 0) is 4.79 Å². The Balaban J connectivity index is 2.42. The molecule has 0 heterocycles. The fourth-order valence-corrected chi connectivity index (χ4v) is 2.93. The molecule has 1 amide bonds. The van der Waals surface area contributed by atoms with E-state index in [0.29, 0.717) is 24.6 Å². The van der Waals surface area contributed by atoms with Crippen molar-refractivity contribution >= 4 is 17.5 Å². The maximum Gasteiger partial charge on any atom is 0.391 e. The summed E-state index contributed by atoms with van der Waals surface area (Å²) in [4.78, 5) is 12.1. The van der Waals surface area contributed by atoms with Crippen LogP contribution >= 0.6 is 11.6 Å². The van der Waals surface area contributed by atoms with Crippen molar-refractivity contribution in [2.24, 2.45) is 17.8 Å². The molecule has 6 heteroatoms. The molecule has 1 N–H and O–H groups in total. The summed E-state index contributed by atoms with van der Waals surface area (Å²) in [5.74, 6) is -0.934. The SMILES string of the molecule is CC(C)CC(CCl)NC(=O)C1CCC(C(F)(F)F)CC1. The highest BCUT2D eigenvalue weighted by atomic mass is 35.5. The van der Waals surface area contributed by atoms with Crippen LogP contribution in [0, 0.1) is 17.8 Å². The van der Waals surface area contributed by atoms with Gasteiger partial charge in [-0.2, -0.15) is 13.2 Å². The van der Waals surface area contributed by atoms with Gasteiger partial charge in [-0.1, -0.05) is 13.8 Å². The third kappa shape index (κ3) is 5.51. The van der Waals surface area contributed by atoms with Gasteiger partial charge in [0.15, 0.2) is 0 Å². The van der Waals surface area contributed by atoms with Gasteiger partial charge in [0.05, 0.1) is 5.92 Å². The minimum atomic E-state index is -4.13. The number of carbonyl (C=O) groups is 1. The number of carbonyl (C=O) groups excluding carboxylic acids is 1. The van der Waals surface area contributed by atoms with Crippen molar-refractivity contribution in [1.82, 2.24) is 5.32 Å². The van der Waals surface area contributed by atoms with Gasteiger partial charge in [0, 0.05) is 17.8 Å². The minimum Gasteiger partial charge on any atom is -0.352 e. The van der Waals surface area contributed by atoms with Crippen LogP contribution in [0.15, 0.2) is 0 Å². The molecule has 1 rings (SSSR count). The highest BCUT2D eigenvalue weighted by Gasteiger charge is 2.42. The van der Waals surface area contributed by atoms with Crippen molar-refractivity contribution in [2.45, 2.75) is 58.2 Å². The van der Waals surface area contributed by atoms with Crippen molar-refractivity contribution in [2.75, 3.05) is 5.88 Å². The van der Waals surface area contributed by atoms with Gasteiger partial charge in [-0.25, -0.2) is 0 Å². The van der Waals surface area contributed by atoms with Crippen molar-refractivity contribution < 1.29 is 18.0 Å². The van der Waals surface area contributed by atoms with E-state index >= 15 is 0 Å². The maximum absolute atomic E-state index is 12.6. The van der Waals surface area contributed by atoms with Gasteiger partial charge < -0.3 is 5.32 Å². The first kappa shape index (κ1) is 17.6. The van der Waals surface area contributed by atoms with E-state index in [4.69, 9.17) is 11.6 Å². The summed E-state index contributed by atoms with van der Waals surface area (Å²) < 4.78 is 37.7. The Kier molecular flexibility index (Phi) is 6.62. The minimum absolute atomic E-state index is 0.0529. The Labute approximate surface area is 123 Å². The summed E-state index contributed by atoms with van der Waals surface area (Å²) in [5.41, 5.74) is 0. The predicted molar refractivity (Wildman–Crippen MR) is 73.6 cm³/mol. The molecule has 0 aromatic heterocycles. The van der Waals surface area contributed by atoms with Crippen LogP contribution in [-0.4, -0.2) is 24.0 Å². The van der Waals surface area contributed by atoms with E-state index in [1.54, 1.807) is 0 Å². The molecule has 2 nitrogen and oxygen atoms in total. The molecule has 1 fully saturated rings. The molecule has 20 heavy (non-hydrogen) atoms. The van der Waals surface area contributed by atoms with Crippen LogP contribution in [0.4, 0.5) is 13.2 Å². The lowest BCUT2D eigenvalue weighted by Crippen LogP contribution is -2.42. The number of rotatable bonds is 5. The van der Waals surface area contributed by atoms with E-state index < -0.39 is 12.1 Å². The summed E-state index contributed by atoms with van der Waals surface area (Å²) in [6.07, 6.45) is -2.61. The molecule has 1 saturated carbocycles. The number of hydrogen-bond acceptors (Lipinski definition) is 1. The zero-order chi connectivity index (χ0) is 15.3. The van der Waals surface area contributed by atoms with Gasteiger partial charge in [0.1, 0.15) is 0 Å². The molecule has 0 spiro atoms. The average Bonchev–Trinajstić information content (AvgIpc) is 2.36. The van der Waals surface area contributed by atoms with E-state index in [1.165, 1.54) is 0 Å². The second-order valence-corrected chi connectivity index (χ2v) is 6.39. The molecular formula is C14H23ClF3NO.